The molecular weight excluding hydrogens is 536 g/mol. The van der Waals surface area contributed by atoms with Gasteiger partial charge in [-0.25, -0.2) is 4.79 Å². The van der Waals surface area contributed by atoms with Crippen LogP contribution in [0.25, 0.3) is 0 Å². The predicted molar refractivity (Wildman–Crippen MR) is 163 cm³/mol. The molecule has 1 aliphatic carbocycles. The maximum absolute atomic E-state index is 12.7. The van der Waals surface area contributed by atoms with E-state index in [2.05, 4.69) is 18.3 Å². The Balaban J connectivity index is 1.69. The molecule has 0 heterocycles. The molecule has 1 saturated carbocycles. The minimum absolute atomic E-state index is 0.00640. The lowest BCUT2D eigenvalue weighted by atomic mass is 9.89. The Kier molecular flexibility index (Phi) is 16.4. The number of aliphatic hydroxyl groups excluding tert-OH is 1. The molecule has 9 nitrogen and oxygen atoms in total. The Hall–Kier alpha value is -2.75. The van der Waals surface area contributed by atoms with Crippen LogP contribution in [0.3, 0.4) is 0 Å². The quantitative estimate of drug-likeness (QED) is 0.0690. The van der Waals surface area contributed by atoms with E-state index in [4.69, 9.17) is 9.94 Å². The first-order chi connectivity index (χ1) is 20.1. The number of carbonyl (C=O) groups is 3. The van der Waals surface area contributed by atoms with Crippen LogP contribution in [0.2, 0.25) is 0 Å². The number of allylic oxidation sites excluding steroid dienone is 1. The number of benzene rings is 1. The van der Waals surface area contributed by atoms with Crippen molar-refractivity contribution in [2.75, 3.05) is 5.23 Å². The highest BCUT2D eigenvalue weighted by atomic mass is 16.8. The van der Waals surface area contributed by atoms with Crippen molar-refractivity contribution in [1.82, 2.24) is 5.32 Å². The van der Waals surface area contributed by atoms with Crippen LogP contribution in [0.4, 0.5) is 5.69 Å². The molecule has 42 heavy (non-hydrogen) atoms. The Morgan fingerprint density at radius 3 is 2.50 bits per heavy atom. The lowest BCUT2D eigenvalue weighted by Crippen LogP contribution is -2.42. The molecule has 0 aromatic heterocycles. The van der Waals surface area contributed by atoms with Gasteiger partial charge in [-0.1, -0.05) is 83.6 Å². The number of aliphatic hydroxyl groups is 1. The normalized spacial score (nSPS) is 18.4. The number of Topliss-reactive ketones (excluding diaryl/α,β-unsaturated/α-hetero) is 1. The molecule has 0 radical (unpaired) electrons. The van der Waals surface area contributed by atoms with E-state index in [0.717, 1.165) is 57.8 Å². The highest BCUT2D eigenvalue weighted by molar-refractivity contribution is 5.84. The van der Waals surface area contributed by atoms with E-state index in [1.807, 2.05) is 19.9 Å². The number of nitrogens with zero attached hydrogens (tertiary/aromatic N) is 1. The molecule has 236 valence electrons. The number of hydrogen-bond donors (Lipinski definition) is 3. The third-order valence-electron chi connectivity index (χ3n) is 7.87. The average molecular weight is 588 g/mol. The zero-order chi connectivity index (χ0) is 30.9. The van der Waals surface area contributed by atoms with Crippen molar-refractivity contribution >= 4 is 23.3 Å². The van der Waals surface area contributed by atoms with Gasteiger partial charge in [0.2, 0.25) is 5.91 Å². The van der Waals surface area contributed by atoms with Gasteiger partial charge in [-0.2, -0.15) is 0 Å². The van der Waals surface area contributed by atoms with Crippen molar-refractivity contribution in [1.29, 1.82) is 0 Å². The van der Waals surface area contributed by atoms with Gasteiger partial charge in [0.15, 0.2) is 0 Å². The molecule has 0 saturated heterocycles. The highest BCUT2D eigenvalue weighted by Gasteiger charge is 2.32. The average Bonchev–Trinajstić information content (AvgIpc) is 3.30. The van der Waals surface area contributed by atoms with E-state index in [-0.39, 0.29) is 41.2 Å². The van der Waals surface area contributed by atoms with Crippen LogP contribution in [0.1, 0.15) is 110 Å². The first-order valence-electron chi connectivity index (χ1n) is 15.7. The number of amides is 1. The van der Waals surface area contributed by atoms with E-state index >= 15 is 0 Å². The maximum atomic E-state index is 12.7. The lowest BCUT2D eigenvalue weighted by molar-refractivity contribution is -0.149. The lowest BCUT2D eigenvalue weighted by Gasteiger charge is -2.22. The minimum atomic E-state index is -0.741. The number of nitrogens with one attached hydrogen (secondary N) is 1. The molecule has 0 spiro atoms. The Bertz CT molecular complexity index is 977. The molecule has 0 bridgehead atoms. The third kappa shape index (κ3) is 13.5. The number of anilines is 1. The summed E-state index contributed by atoms with van der Waals surface area (Å²) in [6, 6.07) is 5.27. The molecule has 0 unspecified atom stereocenters. The Morgan fingerprint density at radius 1 is 1.12 bits per heavy atom. The number of rotatable bonds is 20. The smallest absolute Gasteiger partial charge is 0.328 e. The van der Waals surface area contributed by atoms with Gasteiger partial charge in [0, 0.05) is 18.8 Å². The summed E-state index contributed by atoms with van der Waals surface area (Å²) in [6.45, 7) is 6.08. The van der Waals surface area contributed by atoms with Gasteiger partial charge < -0.3 is 25.6 Å². The maximum Gasteiger partial charge on any atom is 0.328 e. The molecule has 1 amide bonds. The summed E-state index contributed by atoms with van der Waals surface area (Å²) in [4.78, 5) is 37.8. The van der Waals surface area contributed by atoms with Crippen molar-refractivity contribution in [2.24, 2.45) is 17.8 Å². The topological polar surface area (TPSA) is 139 Å². The first kappa shape index (κ1) is 35.4. The fourth-order valence-corrected chi connectivity index (χ4v) is 5.44. The summed E-state index contributed by atoms with van der Waals surface area (Å²) in [5, 5.41) is 32.6. The largest absolute Gasteiger partial charge is 0.733 e. The van der Waals surface area contributed by atoms with Crippen molar-refractivity contribution in [2.45, 2.75) is 123 Å². The van der Waals surface area contributed by atoms with Gasteiger partial charge in [0.1, 0.15) is 18.4 Å². The van der Waals surface area contributed by atoms with Gasteiger partial charge in [-0.3, -0.25) is 14.8 Å². The predicted octanol–water partition coefficient (Wildman–Crippen LogP) is 6.39. The molecular formula is C33H51N2O7-. The molecule has 1 aliphatic rings. The number of hydrogen-bond acceptors (Lipinski definition) is 8. The third-order valence-corrected chi connectivity index (χ3v) is 7.87. The van der Waals surface area contributed by atoms with E-state index in [1.54, 1.807) is 12.1 Å². The van der Waals surface area contributed by atoms with Crippen molar-refractivity contribution < 1.29 is 29.4 Å². The van der Waals surface area contributed by atoms with Gasteiger partial charge in [-0.05, 0) is 61.6 Å². The second kappa shape index (κ2) is 19.4. The van der Waals surface area contributed by atoms with Gasteiger partial charge in [0.25, 0.3) is 0 Å². The highest BCUT2D eigenvalue weighted by Crippen LogP contribution is 2.34. The van der Waals surface area contributed by atoms with Crippen LogP contribution in [-0.2, 0) is 25.7 Å². The summed E-state index contributed by atoms with van der Waals surface area (Å²) in [5.41, 5.74) is 0.734. The van der Waals surface area contributed by atoms with Crippen LogP contribution in [-0.4, -0.2) is 40.1 Å². The monoisotopic (exact) mass is 587 g/mol. The zero-order valence-corrected chi connectivity index (χ0v) is 25.6. The molecule has 1 fully saturated rings. The summed E-state index contributed by atoms with van der Waals surface area (Å²) in [7, 11) is 0. The van der Waals surface area contributed by atoms with Crippen LogP contribution in [0.5, 0.6) is 0 Å². The second-order valence-corrected chi connectivity index (χ2v) is 12.0. The number of esters is 1. The van der Waals surface area contributed by atoms with Gasteiger partial charge in [-0.15, -0.1) is 0 Å². The van der Waals surface area contributed by atoms with Crippen molar-refractivity contribution in [3.05, 3.63) is 47.2 Å². The van der Waals surface area contributed by atoms with E-state index in [9.17, 15) is 24.7 Å². The summed E-state index contributed by atoms with van der Waals surface area (Å²) < 4.78 is 5.41. The van der Waals surface area contributed by atoms with Crippen LogP contribution in [0.15, 0.2) is 36.4 Å². The number of ketones is 1. The molecule has 0 aliphatic heterocycles. The Labute approximate surface area is 251 Å². The second-order valence-electron chi connectivity index (χ2n) is 12.0. The number of unbranched alkanes of at least 4 members (excludes halogenated alkanes) is 5. The van der Waals surface area contributed by atoms with Gasteiger partial charge >= 0.3 is 5.97 Å². The van der Waals surface area contributed by atoms with Crippen LogP contribution < -0.4 is 10.5 Å². The minimum Gasteiger partial charge on any atom is -0.733 e. The first-order valence-corrected chi connectivity index (χ1v) is 15.7. The zero-order valence-electron chi connectivity index (χ0n) is 25.6. The van der Waals surface area contributed by atoms with Crippen molar-refractivity contribution in [3.8, 4) is 0 Å². The van der Waals surface area contributed by atoms with E-state index in [0.29, 0.717) is 37.0 Å². The van der Waals surface area contributed by atoms with E-state index < -0.39 is 18.1 Å². The molecule has 2 rings (SSSR count). The van der Waals surface area contributed by atoms with Crippen molar-refractivity contribution in [3.63, 3.8) is 0 Å². The molecule has 4 atom stereocenters. The fourth-order valence-electron chi connectivity index (χ4n) is 5.44. The van der Waals surface area contributed by atoms with Crippen LogP contribution >= 0.6 is 0 Å². The molecule has 3 N–H and O–H groups in total. The number of carbonyl (C=O) groups excluding carboxylic acids is 3. The fraction of sp³-hybridized carbons (Fsp3) is 0.667. The SMILES string of the molecule is CCCCC[C@H](O)C=C[C@@H]1CCC(=O)[C@@H]1CCCCCCC(=O)N[C@@H](CC(C)C)C(=O)OCc1ccc(N([O-])O)cc1. The summed E-state index contributed by atoms with van der Waals surface area (Å²) in [6.07, 6.45) is 14.1. The Morgan fingerprint density at radius 2 is 1.83 bits per heavy atom. The van der Waals surface area contributed by atoms with Crippen LogP contribution in [0, 0.1) is 23.0 Å². The molecule has 9 heteroatoms. The standard InChI is InChI=1S/C33H51N2O7/c1-4-5-8-11-28(36)20-16-26-17-21-31(37)29(26)12-9-6-7-10-13-32(38)34-30(22-24(2)3)33(39)42-23-25-14-18-27(19-15-25)35(40)41/h14-16,18-20,24,26,28-30,36,40H,4-13,17,21-23H2,1-3H3,(H,34,38)/q-1/t26-,28+,29-,30+/m1/s1. The summed E-state index contributed by atoms with van der Waals surface area (Å²) in [5.74, 6) is 0.0510. The van der Waals surface area contributed by atoms with Gasteiger partial charge in [0.05, 0.1) is 11.8 Å². The molecule has 1 aromatic carbocycles. The van der Waals surface area contributed by atoms with E-state index in [1.165, 1.54) is 12.1 Å². The molecule has 1 aromatic rings. The number of ether oxygens (including phenoxy) is 1. The summed E-state index contributed by atoms with van der Waals surface area (Å²) >= 11 is 0.